The molecule has 2 heterocycles. The summed E-state index contributed by atoms with van der Waals surface area (Å²) in [5.74, 6) is 0. The number of rotatable bonds is 1. The lowest BCUT2D eigenvalue weighted by Gasteiger charge is -2.30. The van der Waals surface area contributed by atoms with Crippen LogP contribution in [0.15, 0.2) is 18.3 Å². The molecule has 0 radical (unpaired) electrons. The van der Waals surface area contributed by atoms with Gasteiger partial charge in [0.05, 0.1) is 30.7 Å². The van der Waals surface area contributed by atoms with Crippen LogP contribution in [0.2, 0.25) is 0 Å². The van der Waals surface area contributed by atoms with Crippen molar-refractivity contribution in [3.05, 3.63) is 24.0 Å². The molecule has 16 heavy (non-hydrogen) atoms. The Morgan fingerprint density at radius 1 is 1.62 bits per heavy atom. The van der Waals surface area contributed by atoms with Crippen molar-refractivity contribution in [3.8, 4) is 0 Å². The Balaban J connectivity index is 2.09. The Hall–Kier alpha value is -1.82. The quantitative estimate of drug-likeness (QED) is 0.732. The van der Waals surface area contributed by atoms with Gasteiger partial charge in [0.15, 0.2) is 0 Å². The largest absolute Gasteiger partial charge is 0.465 e. The molecule has 1 aliphatic heterocycles. The van der Waals surface area contributed by atoms with E-state index < -0.39 is 6.09 Å². The van der Waals surface area contributed by atoms with Crippen LogP contribution in [0.3, 0.4) is 0 Å². The van der Waals surface area contributed by atoms with Gasteiger partial charge < -0.3 is 20.5 Å². The zero-order valence-electron chi connectivity index (χ0n) is 8.67. The number of pyridine rings is 1. The van der Waals surface area contributed by atoms with Crippen LogP contribution in [0.25, 0.3) is 0 Å². The third kappa shape index (κ3) is 2.22. The molecule has 1 atom stereocenters. The number of amides is 1. The molecule has 1 aliphatic rings. The summed E-state index contributed by atoms with van der Waals surface area (Å²) in [6.07, 6.45) is 0.312. The molecule has 1 unspecified atom stereocenters. The average molecular weight is 223 g/mol. The van der Waals surface area contributed by atoms with Gasteiger partial charge in [-0.2, -0.15) is 0 Å². The number of carboxylic acid groups (broad SMARTS) is 1. The molecule has 0 saturated carbocycles. The van der Waals surface area contributed by atoms with E-state index in [1.807, 2.05) is 0 Å². The topological polar surface area (TPSA) is 88.7 Å². The lowest BCUT2D eigenvalue weighted by Crippen LogP contribution is -2.41. The Labute approximate surface area is 92.6 Å². The zero-order chi connectivity index (χ0) is 11.5. The molecule has 86 valence electrons. The lowest BCUT2D eigenvalue weighted by atomic mass is 10.2. The minimum absolute atomic E-state index is 0.301. The first-order valence-corrected chi connectivity index (χ1v) is 4.97. The van der Waals surface area contributed by atoms with E-state index in [1.54, 1.807) is 18.3 Å². The summed E-state index contributed by atoms with van der Waals surface area (Å²) in [7, 11) is 0. The summed E-state index contributed by atoms with van der Waals surface area (Å²) in [5.41, 5.74) is 6.81. The number of nitrogens with two attached hydrogens (primary N) is 1. The molecule has 0 spiro atoms. The first-order chi connectivity index (χ1) is 7.66. The third-order valence-corrected chi connectivity index (χ3v) is 2.48. The van der Waals surface area contributed by atoms with Crippen molar-refractivity contribution < 1.29 is 14.6 Å². The fourth-order valence-electron chi connectivity index (χ4n) is 1.61. The highest BCUT2D eigenvalue weighted by atomic mass is 16.5. The molecule has 6 heteroatoms. The first kappa shape index (κ1) is 10.7. The van der Waals surface area contributed by atoms with Gasteiger partial charge in [0.25, 0.3) is 0 Å². The molecule has 0 aliphatic carbocycles. The summed E-state index contributed by atoms with van der Waals surface area (Å²) < 4.78 is 5.48. The summed E-state index contributed by atoms with van der Waals surface area (Å²) in [5, 5.41) is 8.88. The van der Waals surface area contributed by atoms with Gasteiger partial charge >= 0.3 is 6.09 Å². The van der Waals surface area contributed by atoms with E-state index in [0.29, 0.717) is 31.1 Å². The number of morpholine rings is 1. The molecule has 0 aromatic carbocycles. The van der Waals surface area contributed by atoms with Gasteiger partial charge in [0, 0.05) is 6.54 Å². The maximum absolute atomic E-state index is 10.8. The Bertz CT molecular complexity index is 379. The summed E-state index contributed by atoms with van der Waals surface area (Å²) in [6.45, 7) is 1.11. The molecule has 6 nitrogen and oxygen atoms in total. The van der Waals surface area contributed by atoms with E-state index in [2.05, 4.69) is 4.98 Å². The molecule has 1 amide bonds. The van der Waals surface area contributed by atoms with E-state index in [9.17, 15) is 4.79 Å². The number of aromatic nitrogens is 1. The van der Waals surface area contributed by atoms with Crippen molar-refractivity contribution in [2.75, 3.05) is 25.4 Å². The molecule has 0 bridgehead atoms. The predicted octanol–water partition coefficient (Wildman–Crippen LogP) is 0.715. The lowest BCUT2D eigenvalue weighted by molar-refractivity contribution is -0.0252. The maximum atomic E-state index is 10.8. The number of carbonyl (C=O) groups is 1. The number of anilines is 1. The highest BCUT2D eigenvalue weighted by molar-refractivity contribution is 5.65. The summed E-state index contributed by atoms with van der Waals surface area (Å²) in [6, 6.07) is 3.48. The standard InChI is InChI=1S/C10H13N3O3/c11-7-1-2-8(12-5-7)9-6-13(10(14)15)3-4-16-9/h1-2,5,9H,3-4,6,11H2,(H,14,15). The van der Waals surface area contributed by atoms with Crippen molar-refractivity contribution in [1.82, 2.24) is 9.88 Å². The van der Waals surface area contributed by atoms with Crippen molar-refractivity contribution in [2.45, 2.75) is 6.10 Å². The van der Waals surface area contributed by atoms with Gasteiger partial charge in [-0.3, -0.25) is 4.98 Å². The van der Waals surface area contributed by atoms with Gasteiger partial charge in [-0.25, -0.2) is 4.79 Å². The maximum Gasteiger partial charge on any atom is 0.407 e. The Kier molecular flexibility index (Phi) is 2.91. The van der Waals surface area contributed by atoms with Crippen LogP contribution in [0.5, 0.6) is 0 Å². The highest BCUT2D eigenvalue weighted by Gasteiger charge is 2.25. The van der Waals surface area contributed by atoms with Crippen LogP contribution in [-0.4, -0.2) is 40.8 Å². The Morgan fingerprint density at radius 2 is 2.44 bits per heavy atom. The second-order valence-electron chi connectivity index (χ2n) is 3.60. The molecular weight excluding hydrogens is 210 g/mol. The molecule has 1 saturated heterocycles. The van der Waals surface area contributed by atoms with E-state index in [-0.39, 0.29) is 6.10 Å². The van der Waals surface area contributed by atoms with E-state index in [4.69, 9.17) is 15.6 Å². The summed E-state index contributed by atoms with van der Waals surface area (Å²) >= 11 is 0. The number of nitrogens with zero attached hydrogens (tertiary/aromatic N) is 2. The van der Waals surface area contributed by atoms with Crippen LogP contribution < -0.4 is 5.73 Å². The molecule has 2 rings (SSSR count). The Morgan fingerprint density at radius 3 is 3.06 bits per heavy atom. The smallest absolute Gasteiger partial charge is 0.407 e. The molecule has 1 fully saturated rings. The fraction of sp³-hybridized carbons (Fsp3) is 0.400. The minimum atomic E-state index is -0.927. The molecule has 1 aromatic rings. The number of nitrogen functional groups attached to an aromatic ring is 1. The second kappa shape index (κ2) is 4.36. The average Bonchev–Trinajstić information content (AvgIpc) is 2.30. The highest BCUT2D eigenvalue weighted by Crippen LogP contribution is 2.20. The van der Waals surface area contributed by atoms with Gasteiger partial charge in [-0.15, -0.1) is 0 Å². The van der Waals surface area contributed by atoms with Gasteiger partial charge in [0.2, 0.25) is 0 Å². The van der Waals surface area contributed by atoms with Crippen molar-refractivity contribution in [3.63, 3.8) is 0 Å². The number of hydrogen-bond acceptors (Lipinski definition) is 4. The minimum Gasteiger partial charge on any atom is -0.465 e. The van der Waals surface area contributed by atoms with Gasteiger partial charge in [0.1, 0.15) is 6.10 Å². The van der Waals surface area contributed by atoms with E-state index >= 15 is 0 Å². The number of ether oxygens (including phenoxy) is 1. The van der Waals surface area contributed by atoms with Crippen molar-refractivity contribution >= 4 is 11.8 Å². The van der Waals surface area contributed by atoms with E-state index in [1.165, 1.54) is 4.90 Å². The van der Waals surface area contributed by atoms with Crippen molar-refractivity contribution in [1.29, 1.82) is 0 Å². The zero-order valence-corrected chi connectivity index (χ0v) is 8.67. The molecule has 1 aromatic heterocycles. The van der Waals surface area contributed by atoms with E-state index in [0.717, 1.165) is 0 Å². The molecule has 3 N–H and O–H groups in total. The molecular formula is C10H13N3O3. The SMILES string of the molecule is Nc1ccc(C2CN(C(=O)O)CCO2)nc1. The number of hydrogen-bond donors (Lipinski definition) is 2. The van der Waals surface area contributed by atoms with Crippen LogP contribution in [0, 0.1) is 0 Å². The normalized spacial score (nSPS) is 20.8. The van der Waals surface area contributed by atoms with Crippen molar-refractivity contribution in [2.24, 2.45) is 0 Å². The van der Waals surface area contributed by atoms with Crippen LogP contribution in [0.4, 0.5) is 10.5 Å². The predicted molar refractivity (Wildman–Crippen MR) is 56.9 cm³/mol. The second-order valence-corrected chi connectivity index (χ2v) is 3.60. The first-order valence-electron chi connectivity index (χ1n) is 4.97. The van der Waals surface area contributed by atoms with Crippen LogP contribution >= 0.6 is 0 Å². The monoisotopic (exact) mass is 223 g/mol. The van der Waals surface area contributed by atoms with Crippen LogP contribution in [0.1, 0.15) is 11.8 Å². The van der Waals surface area contributed by atoms with Gasteiger partial charge in [-0.1, -0.05) is 0 Å². The summed E-state index contributed by atoms with van der Waals surface area (Å²) in [4.78, 5) is 16.3. The van der Waals surface area contributed by atoms with Crippen LogP contribution in [-0.2, 0) is 4.74 Å². The third-order valence-electron chi connectivity index (χ3n) is 2.48. The van der Waals surface area contributed by atoms with Gasteiger partial charge in [-0.05, 0) is 12.1 Å². The fourth-order valence-corrected chi connectivity index (χ4v) is 1.61.